The molecule has 0 aliphatic carbocycles. The van der Waals surface area contributed by atoms with Crippen LogP contribution in [0.4, 0.5) is 0 Å². The largest absolute Gasteiger partial charge is 0.337 e. The van der Waals surface area contributed by atoms with Gasteiger partial charge >= 0.3 is 0 Å². The maximum Gasteiger partial charge on any atom is 0.246 e. The fourth-order valence-corrected chi connectivity index (χ4v) is 1.46. The summed E-state index contributed by atoms with van der Waals surface area (Å²) < 4.78 is 0. The lowest BCUT2D eigenvalue weighted by molar-refractivity contribution is -0.127. The van der Waals surface area contributed by atoms with Crippen LogP contribution < -0.4 is 0 Å². The molecule has 0 aromatic carbocycles. The van der Waals surface area contributed by atoms with Gasteiger partial charge in [-0.25, -0.2) is 0 Å². The van der Waals surface area contributed by atoms with E-state index < -0.39 is 0 Å². The van der Waals surface area contributed by atoms with Gasteiger partial charge in [-0.3, -0.25) is 9.69 Å². The molecule has 0 saturated carbocycles. The molecule has 72 valence electrons. The average Bonchev–Trinajstić information content (AvgIpc) is 2.18. The van der Waals surface area contributed by atoms with Crippen LogP contribution in [-0.4, -0.2) is 48.4 Å². The minimum absolute atomic E-state index is 0.0400. The van der Waals surface area contributed by atoms with Crippen LogP contribution in [0.5, 0.6) is 0 Å². The Bertz CT molecular complexity index is 205. The first-order chi connectivity index (χ1) is 6.27. The second-order valence-corrected chi connectivity index (χ2v) is 3.12. The molecule has 0 aromatic heterocycles. The average molecular weight is 180 g/mol. The van der Waals surface area contributed by atoms with Gasteiger partial charge in [0.05, 0.1) is 0 Å². The van der Waals surface area contributed by atoms with Crippen molar-refractivity contribution < 1.29 is 4.79 Å². The molecule has 1 amide bonds. The molecule has 0 atom stereocenters. The topological polar surface area (TPSA) is 23.6 Å². The summed E-state index contributed by atoms with van der Waals surface area (Å²) in [4.78, 5) is 15.3. The van der Waals surface area contributed by atoms with Crippen molar-refractivity contribution in [1.82, 2.24) is 9.80 Å². The fraction of sp³-hybridized carbons (Fsp3) is 0.500. The highest BCUT2D eigenvalue weighted by molar-refractivity contribution is 5.87. The van der Waals surface area contributed by atoms with E-state index in [1.807, 2.05) is 11.0 Å². The first kappa shape index (κ1) is 9.99. The number of piperazine rings is 1. The Hall–Kier alpha value is -1.09. The molecular formula is C10H16N2O. The summed E-state index contributed by atoms with van der Waals surface area (Å²) in [5.74, 6) is 0.0400. The molecule has 13 heavy (non-hydrogen) atoms. The summed E-state index contributed by atoms with van der Waals surface area (Å²) in [7, 11) is 0. The van der Waals surface area contributed by atoms with Gasteiger partial charge in [-0.2, -0.15) is 0 Å². The number of nitrogens with zero attached hydrogens (tertiary/aromatic N) is 2. The van der Waals surface area contributed by atoms with Crippen molar-refractivity contribution in [3.05, 3.63) is 25.3 Å². The molecule has 0 bridgehead atoms. The minimum Gasteiger partial charge on any atom is -0.337 e. The van der Waals surface area contributed by atoms with Crippen LogP contribution in [0.2, 0.25) is 0 Å². The Balaban J connectivity index is 2.34. The number of rotatable bonds is 3. The standard InChI is InChI=1S/C10H16N2O/c1-3-5-11-6-8-12(9-7-11)10(13)4-2/h3-4H,1-2,5-9H2. The molecule has 3 nitrogen and oxygen atoms in total. The van der Waals surface area contributed by atoms with Crippen LogP contribution in [0.1, 0.15) is 0 Å². The first-order valence-corrected chi connectivity index (χ1v) is 4.52. The van der Waals surface area contributed by atoms with Gasteiger partial charge in [-0.05, 0) is 6.08 Å². The van der Waals surface area contributed by atoms with Gasteiger partial charge in [-0.1, -0.05) is 12.7 Å². The van der Waals surface area contributed by atoms with Gasteiger partial charge < -0.3 is 4.90 Å². The lowest BCUT2D eigenvalue weighted by Gasteiger charge is -2.33. The summed E-state index contributed by atoms with van der Waals surface area (Å²) in [6.45, 7) is 11.6. The molecule has 0 aromatic rings. The summed E-state index contributed by atoms with van der Waals surface area (Å²) in [6.07, 6.45) is 3.27. The molecule has 3 heteroatoms. The molecule has 0 N–H and O–H groups in total. The van der Waals surface area contributed by atoms with Crippen LogP contribution in [-0.2, 0) is 4.79 Å². The Morgan fingerprint density at radius 2 is 1.85 bits per heavy atom. The monoisotopic (exact) mass is 180 g/mol. The predicted octanol–water partition coefficient (Wildman–Crippen LogP) is 0.503. The maximum absolute atomic E-state index is 11.2. The lowest BCUT2D eigenvalue weighted by atomic mass is 10.3. The Labute approximate surface area is 79.3 Å². The van der Waals surface area contributed by atoms with E-state index in [1.54, 1.807) is 0 Å². The number of carbonyl (C=O) groups is 1. The lowest BCUT2D eigenvalue weighted by Crippen LogP contribution is -2.48. The normalized spacial score (nSPS) is 18.3. The minimum atomic E-state index is 0.0400. The highest BCUT2D eigenvalue weighted by Gasteiger charge is 2.17. The smallest absolute Gasteiger partial charge is 0.246 e. The van der Waals surface area contributed by atoms with E-state index in [1.165, 1.54) is 6.08 Å². The molecule has 1 aliphatic rings. The summed E-state index contributed by atoms with van der Waals surface area (Å²) in [6, 6.07) is 0. The van der Waals surface area contributed by atoms with Crippen LogP contribution in [0.15, 0.2) is 25.3 Å². The quantitative estimate of drug-likeness (QED) is 0.466. The van der Waals surface area contributed by atoms with E-state index in [-0.39, 0.29) is 5.91 Å². The van der Waals surface area contributed by atoms with Crippen molar-refractivity contribution in [3.8, 4) is 0 Å². The van der Waals surface area contributed by atoms with Gasteiger partial charge in [-0.15, -0.1) is 6.58 Å². The third kappa shape index (κ3) is 2.70. The zero-order valence-corrected chi connectivity index (χ0v) is 7.91. The molecule has 1 saturated heterocycles. The van der Waals surface area contributed by atoms with Crippen LogP contribution in [0, 0.1) is 0 Å². The highest BCUT2D eigenvalue weighted by atomic mass is 16.2. The number of hydrogen-bond donors (Lipinski definition) is 0. The number of hydrogen-bond acceptors (Lipinski definition) is 2. The first-order valence-electron chi connectivity index (χ1n) is 4.52. The van der Waals surface area contributed by atoms with Gasteiger partial charge in [0.2, 0.25) is 5.91 Å². The summed E-state index contributed by atoms with van der Waals surface area (Å²) in [5, 5.41) is 0. The Morgan fingerprint density at radius 3 is 2.31 bits per heavy atom. The molecule has 0 radical (unpaired) electrons. The number of amides is 1. The van der Waals surface area contributed by atoms with E-state index in [0.717, 1.165) is 32.7 Å². The van der Waals surface area contributed by atoms with E-state index in [4.69, 9.17) is 0 Å². The van der Waals surface area contributed by atoms with Gasteiger partial charge in [0.1, 0.15) is 0 Å². The van der Waals surface area contributed by atoms with Crippen molar-refractivity contribution in [2.45, 2.75) is 0 Å². The van der Waals surface area contributed by atoms with E-state index in [2.05, 4.69) is 18.1 Å². The maximum atomic E-state index is 11.2. The third-order valence-corrected chi connectivity index (χ3v) is 2.25. The van der Waals surface area contributed by atoms with E-state index >= 15 is 0 Å². The van der Waals surface area contributed by atoms with Crippen molar-refractivity contribution in [1.29, 1.82) is 0 Å². The van der Waals surface area contributed by atoms with Crippen LogP contribution >= 0.6 is 0 Å². The molecule has 1 fully saturated rings. The van der Waals surface area contributed by atoms with E-state index in [9.17, 15) is 4.79 Å². The van der Waals surface area contributed by atoms with Crippen molar-refractivity contribution >= 4 is 5.91 Å². The Morgan fingerprint density at radius 1 is 1.23 bits per heavy atom. The SMILES string of the molecule is C=CCN1CCN(C(=O)C=C)CC1. The molecule has 1 aliphatic heterocycles. The van der Waals surface area contributed by atoms with Crippen LogP contribution in [0.3, 0.4) is 0 Å². The molecule has 1 rings (SSSR count). The fourth-order valence-electron chi connectivity index (χ4n) is 1.46. The van der Waals surface area contributed by atoms with Gasteiger partial charge in [0.15, 0.2) is 0 Å². The molecule has 0 spiro atoms. The van der Waals surface area contributed by atoms with Crippen molar-refractivity contribution in [2.24, 2.45) is 0 Å². The summed E-state index contributed by atoms with van der Waals surface area (Å²) in [5.41, 5.74) is 0. The highest BCUT2D eigenvalue weighted by Crippen LogP contribution is 2.01. The third-order valence-electron chi connectivity index (χ3n) is 2.25. The van der Waals surface area contributed by atoms with Crippen molar-refractivity contribution in [3.63, 3.8) is 0 Å². The second kappa shape index (κ2) is 4.82. The second-order valence-electron chi connectivity index (χ2n) is 3.12. The van der Waals surface area contributed by atoms with Gasteiger partial charge in [0.25, 0.3) is 0 Å². The zero-order valence-electron chi connectivity index (χ0n) is 7.91. The zero-order chi connectivity index (χ0) is 9.68. The predicted molar refractivity (Wildman–Crippen MR) is 53.4 cm³/mol. The summed E-state index contributed by atoms with van der Waals surface area (Å²) >= 11 is 0. The molecule has 0 unspecified atom stereocenters. The number of carbonyl (C=O) groups excluding carboxylic acids is 1. The van der Waals surface area contributed by atoms with Crippen LogP contribution in [0.25, 0.3) is 0 Å². The Kier molecular flexibility index (Phi) is 3.71. The van der Waals surface area contributed by atoms with Crippen molar-refractivity contribution in [2.75, 3.05) is 32.7 Å². The molecule has 1 heterocycles. The molecular weight excluding hydrogens is 164 g/mol. The van der Waals surface area contributed by atoms with Gasteiger partial charge in [0, 0.05) is 32.7 Å². The van der Waals surface area contributed by atoms with E-state index in [0.29, 0.717) is 0 Å².